The molecule has 0 aromatic heterocycles. The number of thioether (sulfide) groups is 1. The lowest BCUT2D eigenvalue weighted by molar-refractivity contribution is -0.384. The third-order valence-electron chi connectivity index (χ3n) is 11.4. The number of nitrogens with zero attached hydrogens (tertiary/aromatic N) is 5. The van der Waals surface area contributed by atoms with Gasteiger partial charge in [0.2, 0.25) is 5.91 Å². The number of morpholine rings is 1. The largest absolute Gasteiger partial charge is 0.379 e. The van der Waals surface area contributed by atoms with Crippen molar-refractivity contribution in [2.45, 2.75) is 29.9 Å². The summed E-state index contributed by atoms with van der Waals surface area (Å²) < 4.78 is 5.52. The van der Waals surface area contributed by atoms with Gasteiger partial charge in [-0.2, -0.15) is 0 Å². The molecule has 2 N–H and O–H groups in total. The molecule has 0 spiro atoms. The maximum absolute atomic E-state index is 13.8. The number of likely N-dealkylation sites (N-methyl/N-ethyl adjacent to an activating group) is 1. The van der Waals surface area contributed by atoms with Crippen LogP contribution in [0.5, 0.6) is 0 Å². The van der Waals surface area contributed by atoms with E-state index in [-0.39, 0.29) is 11.7 Å². The first kappa shape index (κ1) is 44.6. The number of benzene rings is 5. The van der Waals surface area contributed by atoms with Crippen LogP contribution in [0, 0.1) is 10.1 Å². The van der Waals surface area contributed by atoms with E-state index in [0.717, 1.165) is 79.9 Å². The Morgan fingerprint density at radius 3 is 2.23 bits per heavy atom. The molecule has 7 rings (SSSR count). The third-order valence-corrected chi connectivity index (χ3v) is 12.8. The second-order valence-electron chi connectivity index (χ2n) is 15.9. The van der Waals surface area contributed by atoms with Gasteiger partial charge in [0.15, 0.2) is 0 Å². The van der Waals surface area contributed by atoms with E-state index in [1.54, 1.807) is 50.1 Å². The molecule has 12 nitrogen and oxygen atoms in total. The summed E-state index contributed by atoms with van der Waals surface area (Å²) in [4.78, 5) is 49.1. The van der Waals surface area contributed by atoms with Gasteiger partial charge in [0.25, 0.3) is 11.6 Å². The van der Waals surface area contributed by atoms with E-state index >= 15 is 0 Å². The molecule has 2 aliphatic rings. The number of halogens is 1. The first-order valence-corrected chi connectivity index (χ1v) is 22.4. The fraction of sp³-hybridized carbons (Fsp3) is 0.333. The molecular weight excluding hydrogens is 822 g/mol. The van der Waals surface area contributed by atoms with Gasteiger partial charge in [-0.15, -0.1) is 11.8 Å². The highest BCUT2D eigenvalue weighted by Crippen LogP contribution is 2.32. The van der Waals surface area contributed by atoms with Gasteiger partial charge in [-0.3, -0.25) is 29.5 Å². The zero-order valence-electron chi connectivity index (χ0n) is 35.3. The van der Waals surface area contributed by atoms with Crippen LogP contribution in [0.3, 0.4) is 0 Å². The van der Waals surface area contributed by atoms with Gasteiger partial charge in [-0.1, -0.05) is 72.3 Å². The van der Waals surface area contributed by atoms with Gasteiger partial charge >= 0.3 is 0 Å². The number of nitro benzene ring substituents is 1. The molecule has 2 saturated heterocycles. The van der Waals surface area contributed by atoms with Crippen molar-refractivity contribution in [3.63, 3.8) is 0 Å². The first-order valence-electron chi connectivity index (χ1n) is 21.1. The van der Waals surface area contributed by atoms with Crippen LogP contribution < -0.4 is 15.5 Å². The summed E-state index contributed by atoms with van der Waals surface area (Å²) >= 11 is 7.84. The van der Waals surface area contributed by atoms with Crippen molar-refractivity contribution in [3.8, 4) is 11.1 Å². The molecule has 5 aromatic carbocycles. The Kier molecular flexibility index (Phi) is 15.5. The van der Waals surface area contributed by atoms with E-state index in [2.05, 4.69) is 73.9 Å². The Labute approximate surface area is 373 Å². The van der Waals surface area contributed by atoms with Crippen molar-refractivity contribution >= 4 is 52.2 Å². The molecule has 2 atom stereocenters. The Morgan fingerprint density at radius 1 is 0.839 bits per heavy atom. The zero-order chi connectivity index (χ0) is 43.4. The van der Waals surface area contributed by atoms with Crippen LogP contribution in [-0.4, -0.2) is 116 Å². The summed E-state index contributed by atoms with van der Waals surface area (Å²) in [6, 6.07) is 37.4. The highest BCUT2D eigenvalue weighted by molar-refractivity contribution is 7.99. The molecule has 0 saturated carbocycles. The van der Waals surface area contributed by atoms with Crippen LogP contribution in [0.15, 0.2) is 126 Å². The maximum atomic E-state index is 13.8. The normalized spacial score (nSPS) is 15.7. The molecular formula is C48H54ClN7O5S. The molecule has 324 valence electrons. The SMILES string of the molecule is CN(C)C(=O)C(NC(=O)c1ccc(N2CCN(Cc3ccccc3-c3ccc(Cl)cc3)CC2)cc1)c1ccc(N[C@H](CCN2CCOCC2)CSc2ccccc2)c([N+](=O)[O-])c1. The highest BCUT2D eigenvalue weighted by atomic mass is 35.5. The number of nitro groups is 1. The third kappa shape index (κ3) is 11.9. The van der Waals surface area contributed by atoms with Gasteiger partial charge < -0.3 is 25.2 Å². The van der Waals surface area contributed by atoms with Gasteiger partial charge in [-0.05, 0) is 83.3 Å². The minimum absolute atomic E-state index is 0.0818. The Bertz CT molecular complexity index is 2270. The predicted octanol–water partition coefficient (Wildman–Crippen LogP) is 8.09. The van der Waals surface area contributed by atoms with Crippen LogP contribution in [0.25, 0.3) is 11.1 Å². The van der Waals surface area contributed by atoms with E-state index in [0.29, 0.717) is 35.8 Å². The molecule has 2 aliphatic heterocycles. The number of carbonyl (C=O) groups excluding carboxylic acids is 2. The minimum Gasteiger partial charge on any atom is -0.379 e. The van der Waals surface area contributed by atoms with Crippen molar-refractivity contribution < 1.29 is 19.2 Å². The molecule has 0 aliphatic carbocycles. The number of nitrogens with one attached hydrogen (secondary N) is 2. The van der Waals surface area contributed by atoms with Crippen LogP contribution in [0.2, 0.25) is 5.02 Å². The summed E-state index contributed by atoms with van der Waals surface area (Å²) in [6.45, 7) is 8.19. The van der Waals surface area contributed by atoms with Crippen LogP contribution in [0.1, 0.15) is 33.9 Å². The summed E-state index contributed by atoms with van der Waals surface area (Å²) in [5.41, 5.74) is 5.53. The number of anilines is 2. The second kappa shape index (κ2) is 21.6. The van der Waals surface area contributed by atoms with Crippen LogP contribution in [-0.2, 0) is 16.1 Å². The lowest BCUT2D eigenvalue weighted by Crippen LogP contribution is -2.46. The molecule has 0 bridgehead atoms. The summed E-state index contributed by atoms with van der Waals surface area (Å²) in [7, 11) is 3.20. The first-order chi connectivity index (χ1) is 30.1. The molecule has 2 heterocycles. The van der Waals surface area contributed by atoms with Crippen molar-refractivity contribution in [2.24, 2.45) is 0 Å². The number of piperazine rings is 1. The van der Waals surface area contributed by atoms with E-state index in [1.807, 2.05) is 42.5 Å². The van der Waals surface area contributed by atoms with Crippen molar-refractivity contribution in [2.75, 3.05) is 89.1 Å². The van der Waals surface area contributed by atoms with Crippen molar-refractivity contribution in [3.05, 3.63) is 153 Å². The Balaban J connectivity index is 0.999. The second-order valence-corrected chi connectivity index (χ2v) is 17.4. The number of amides is 2. The lowest BCUT2D eigenvalue weighted by Gasteiger charge is -2.36. The maximum Gasteiger partial charge on any atom is 0.292 e. The van der Waals surface area contributed by atoms with Crippen molar-refractivity contribution in [1.82, 2.24) is 20.0 Å². The molecule has 14 heteroatoms. The van der Waals surface area contributed by atoms with Gasteiger partial charge in [-0.25, -0.2) is 0 Å². The molecule has 2 amide bonds. The fourth-order valence-electron chi connectivity index (χ4n) is 7.85. The van der Waals surface area contributed by atoms with E-state index in [4.69, 9.17) is 16.3 Å². The molecule has 5 aromatic rings. The summed E-state index contributed by atoms with van der Waals surface area (Å²) in [5.74, 6) is -0.158. The molecule has 0 radical (unpaired) electrons. The summed E-state index contributed by atoms with van der Waals surface area (Å²) in [6.07, 6.45) is 0.770. The number of hydrogen-bond acceptors (Lipinski definition) is 10. The van der Waals surface area contributed by atoms with Crippen molar-refractivity contribution in [1.29, 1.82) is 0 Å². The fourth-order valence-corrected chi connectivity index (χ4v) is 8.97. The minimum atomic E-state index is -1.14. The number of carbonyl (C=O) groups is 2. The lowest BCUT2D eigenvalue weighted by atomic mass is 9.99. The quantitative estimate of drug-likeness (QED) is 0.0539. The number of ether oxygens (including phenoxy) is 1. The van der Waals surface area contributed by atoms with Gasteiger partial charge in [0, 0.05) is 105 Å². The number of rotatable bonds is 17. The number of hydrogen-bond donors (Lipinski definition) is 2. The molecule has 62 heavy (non-hydrogen) atoms. The van der Waals surface area contributed by atoms with Gasteiger partial charge in [0.1, 0.15) is 11.7 Å². The molecule has 2 fully saturated rings. The Hall–Kier alpha value is -5.44. The highest BCUT2D eigenvalue weighted by Gasteiger charge is 2.29. The topological polar surface area (TPSA) is 124 Å². The Morgan fingerprint density at radius 2 is 1.53 bits per heavy atom. The van der Waals surface area contributed by atoms with Gasteiger partial charge in [0.05, 0.1) is 18.1 Å². The standard InChI is InChI=1S/C48H54ClN7O5S/c1-52(2)48(58)46(37-16-21-44(45(32-37)56(59)60)50-40(22-23-53-28-30-61-31-29-53)34-62-42-9-4-3-5-10-42)51-47(57)36-14-19-41(20-15-36)55-26-24-54(25-27-55)33-38-8-6-7-11-43(38)35-12-17-39(49)18-13-35/h3-21,32,40,46,50H,22-31,33-34H2,1-2H3,(H,51,57)/t40-,46?/m1/s1. The van der Waals surface area contributed by atoms with Crippen LogP contribution in [0.4, 0.5) is 17.1 Å². The smallest absolute Gasteiger partial charge is 0.292 e. The average Bonchev–Trinajstić information content (AvgIpc) is 3.30. The molecule has 1 unspecified atom stereocenters. The van der Waals surface area contributed by atoms with Crippen LogP contribution >= 0.6 is 23.4 Å². The predicted molar refractivity (Wildman–Crippen MR) is 249 cm³/mol. The zero-order valence-corrected chi connectivity index (χ0v) is 36.8. The summed E-state index contributed by atoms with van der Waals surface area (Å²) in [5, 5.41) is 19.7. The monoisotopic (exact) mass is 875 g/mol. The van der Waals surface area contributed by atoms with E-state index in [9.17, 15) is 19.7 Å². The van der Waals surface area contributed by atoms with E-state index in [1.165, 1.54) is 22.1 Å². The van der Waals surface area contributed by atoms with E-state index < -0.39 is 22.8 Å². The average molecular weight is 877 g/mol.